The number of nitrogens with zero attached hydrogens (tertiary/aromatic N) is 5. The van der Waals surface area contributed by atoms with Gasteiger partial charge in [0.1, 0.15) is 17.1 Å². The van der Waals surface area contributed by atoms with E-state index in [1.807, 2.05) is 44.2 Å². The van der Waals surface area contributed by atoms with Crippen LogP contribution in [0.25, 0.3) is 0 Å². The van der Waals surface area contributed by atoms with E-state index in [-0.39, 0.29) is 5.56 Å². The maximum absolute atomic E-state index is 12.3. The van der Waals surface area contributed by atoms with Crippen molar-refractivity contribution in [3.63, 3.8) is 0 Å². The Morgan fingerprint density at radius 2 is 1.77 bits per heavy atom. The number of nitrogens with two attached hydrogens (primary N) is 1. The Kier molecular flexibility index (Phi) is 7.48. The first kappa shape index (κ1) is 25.8. The number of aromatic nitrogens is 4. The third-order valence-corrected chi connectivity index (χ3v) is 6.91. The zero-order valence-electron chi connectivity index (χ0n) is 22.1. The van der Waals surface area contributed by atoms with Gasteiger partial charge in [-0.1, -0.05) is 19.1 Å². The minimum absolute atomic E-state index is 0.254. The van der Waals surface area contributed by atoms with Crippen molar-refractivity contribution in [2.24, 2.45) is 5.73 Å². The number of rotatable bonds is 9. The number of aromatic amines is 1. The van der Waals surface area contributed by atoms with Gasteiger partial charge in [0, 0.05) is 56.5 Å². The first-order valence-electron chi connectivity index (χ1n) is 13.0. The van der Waals surface area contributed by atoms with Gasteiger partial charge in [0.15, 0.2) is 5.82 Å². The first-order chi connectivity index (χ1) is 18.9. The predicted molar refractivity (Wildman–Crippen MR) is 153 cm³/mol. The second kappa shape index (κ2) is 11.3. The number of hydrogen-bond donors (Lipinski definition) is 5. The molecule has 6 N–H and O–H groups in total. The van der Waals surface area contributed by atoms with Crippen LogP contribution in [0, 0.1) is 6.92 Å². The first-order valence-corrected chi connectivity index (χ1v) is 13.0. The number of primary amides is 1. The van der Waals surface area contributed by atoms with E-state index < -0.39 is 5.91 Å². The van der Waals surface area contributed by atoms with Crippen LogP contribution in [0.2, 0.25) is 0 Å². The van der Waals surface area contributed by atoms with Gasteiger partial charge in [-0.3, -0.25) is 9.89 Å². The highest BCUT2D eigenvalue weighted by molar-refractivity contribution is 6.03. The fourth-order valence-corrected chi connectivity index (χ4v) is 4.81. The van der Waals surface area contributed by atoms with Gasteiger partial charge in [0.2, 0.25) is 5.95 Å². The number of benzene rings is 2. The van der Waals surface area contributed by atoms with Crippen molar-refractivity contribution in [3.8, 4) is 5.75 Å². The van der Waals surface area contributed by atoms with Crippen LogP contribution in [-0.2, 0) is 13.0 Å². The number of carbonyl (C=O) groups excluding carboxylic acids is 1. The van der Waals surface area contributed by atoms with Crippen LogP contribution < -0.4 is 26.2 Å². The summed E-state index contributed by atoms with van der Waals surface area (Å²) in [6.07, 6.45) is 4.25. The Bertz CT molecular complexity index is 1430. The van der Waals surface area contributed by atoms with Gasteiger partial charge >= 0.3 is 0 Å². The van der Waals surface area contributed by atoms with Crippen molar-refractivity contribution in [2.75, 3.05) is 46.6 Å². The van der Waals surface area contributed by atoms with Crippen molar-refractivity contribution < 1.29 is 9.90 Å². The zero-order chi connectivity index (χ0) is 27.4. The van der Waals surface area contributed by atoms with E-state index in [4.69, 9.17) is 5.73 Å². The molecule has 11 heteroatoms. The van der Waals surface area contributed by atoms with Crippen molar-refractivity contribution in [1.82, 2.24) is 20.2 Å². The SMILES string of the molecule is CCc1cc(CNc2n[nH]c(Nc3ccc(N4CCN(c5ncccn5)CC4)cc3)c2C(N)=O)cc(C)c1O. The highest BCUT2D eigenvalue weighted by Crippen LogP contribution is 2.28. The van der Waals surface area contributed by atoms with E-state index in [1.165, 1.54) is 0 Å². The lowest BCUT2D eigenvalue weighted by atomic mass is 10.0. The van der Waals surface area contributed by atoms with Crippen molar-refractivity contribution in [2.45, 2.75) is 26.8 Å². The van der Waals surface area contributed by atoms with Crippen LogP contribution in [0.1, 0.15) is 34.0 Å². The molecule has 4 aromatic rings. The number of amides is 1. The Hall–Kier alpha value is -4.80. The summed E-state index contributed by atoms with van der Waals surface area (Å²) in [7, 11) is 0. The number of piperazine rings is 1. The maximum atomic E-state index is 12.3. The Morgan fingerprint density at radius 1 is 1.08 bits per heavy atom. The summed E-state index contributed by atoms with van der Waals surface area (Å²) in [4.78, 5) is 25.5. The molecule has 1 fully saturated rings. The summed E-state index contributed by atoms with van der Waals surface area (Å²) < 4.78 is 0. The third-order valence-electron chi connectivity index (χ3n) is 6.91. The topological polar surface area (TPSA) is 148 Å². The van der Waals surface area contributed by atoms with E-state index in [9.17, 15) is 9.90 Å². The maximum Gasteiger partial charge on any atom is 0.256 e. The van der Waals surface area contributed by atoms with Crippen LogP contribution in [0.3, 0.4) is 0 Å². The standard InChI is InChI=1S/C28H33N9O2/c1-3-20-16-19(15-18(2)24(20)38)17-32-26-23(25(29)39)27(35-34-26)33-21-5-7-22(8-6-21)36-11-13-37(14-12-36)28-30-9-4-10-31-28/h4-10,15-16,38H,3,11-14,17H2,1-2H3,(H2,29,39)(H3,32,33,34,35). The quantitative estimate of drug-likeness (QED) is 0.220. The number of phenols is 1. The van der Waals surface area contributed by atoms with Gasteiger partial charge in [-0.15, -0.1) is 0 Å². The Labute approximate surface area is 227 Å². The summed E-state index contributed by atoms with van der Waals surface area (Å²) in [5.41, 5.74) is 10.5. The molecule has 2 aromatic carbocycles. The predicted octanol–water partition coefficient (Wildman–Crippen LogP) is 3.56. The third kappa shape index (κ3) is 5.71. The van der Waals surface area contributed by atoms with Crippen LogP contribution >= 0.6 is 0 Å². The normalized spacial score (nSPS) is 13.4. The van der Waals surface area contributed by atoms with Gasteiger partial charge in [-0.2, -0.15) is 5.10 Å². The molecule has 0 bridgehead atoms. The number of nitrogens with one attached hydrogen (secondary N) is 3. The molecule has 202 valence electrons. The van der Waals surface area contributed by atoms with E-state index in [2.05, 4.69) is 52.7 Å². The van der Waals surface area contributed by atoms with Crippen molar-refractivity contribution >= 4 is 34.9 Å². The largest absolute Gasteiger partial charge is 0.507 e. The molecule has 0 atom stereocenters. The van der Waals surface area contributed by atoms with Gasteiger partial charge in [-0.25, -0.2) is 9.97 Å². The Balaban J connectivity index is 1.23. The van der Waals surface area contributed by atoms with E-state index in [1.54, 1.807) is 12.4 Å². The molecule has 0 unspecified atom stereocenters. The molecule has 0 aliphatic carbocycles. The second-order valence-corrected chi connectivity index (χ2v) is 9.51. The molecular weight excluding hydrogens is 494 g/mol. The number of H-pyrrole nitrogens is 1. The van der Waals surface area contributed by atoms with Crippen molar-refractivity contribution in [1.29, 1.82) is 0 Å². The molecule has 1 saturated heterocycles. The van der Waals surface area contributed by atoms with E-state index in [0.29, 0.717) is 23.9 Å². The van der Waals surface area contributed by atoms with Crippen LogP contribution in [0.4, 0.5) is 29.0 Å². The number of hydrogen-bond acceptors (Lipinski definition) is 9. The van der Waals surface area contributed by atoms with Gasteiger partial charge in [-0.05, 0) is 60.4 Å². The molecule has 3 heterocycles. The molecule has 0 spiro atoms. The summed E-state index contributed by atoms with van der Waals surface area (Å²) in [6, 6.07) is 13.7. The second-order valence-electron chi connectivity index (χ2n) is 9.51. The lowest BCUT2D eigenvalue weighted by Gasteiger charge is -2.36. The summed E-state index contributed by atoms with van der Waals surface area (Å²) >= 11 is 0. The molecule has 5 rings (SSSR count). The fourth-order valence-electron chi connectivity index (χ4n) is 4.81. The molecule has 0 saturated carbocycles. The number of aromatic hydroxyl groups is 1. The van der Waals surface area contributed by atoms with Crippen LogP contribution in [0.5, 0.6) is 5.75 Å². The summed E-state index contributed by atoms with van der Waals surface area (Å²) in [5.74, 6) is 1.28. The smallest absolute Gasteiger partial charge is 0.256 e. The van der Waals surface area contributed by atoms with Gasteiger partial charge in [0.05, 0.1) is 0 Å². The van der Waals surface area contributed by atoms with Crippen molar-refractivity contribution in [3.05, 3.63) is 77.1 Å². The number of phenolic OH excluding ortho intramolecular Hbond substituents is 1. The molecule has 39 heavy (non-hydrogen) atoms. The molecule has 2 aromatic heterocycles. The summed E-state index contributed by atoms with van der Waals surface area (Å²) in [6.45, 7) is 7.72. The average Bonchev–Trinajstić information content (AvgIpc) is 3.37. The molecule has 0 radical (unpaired) electrons. The lowest BCUT2D eigenvalue weighted by Crippen LogP contribution is -2.47. The number of aryl methyl sites for hydroxylation is 2. The van der Waals surface area contributed by atoms with Gasteiger partial charge in [0.25, 0.3) is 5.91 Å². The molecular formula is C28H33N9O2. The fraction of sp³-hybridized carbons (Fsp3) is 0.286. The molecule has 1 aliphatic rings. The van der Waals surface area contributed by atoms with E-state index in [0.717, 1.165) is 66.6 Å². The van der Waals surface area contributed by atoms with Gasteiger partial charge < -0.3 is 31.3 Å². The monoisotopic (exact) mass is 527 g/mol. The lowest BCUT2D eigenvalue weighted by molar-refractivity contribution is 0.100. The minimum atomic E-state index is -0.596. The van der Waals surface area contributed by atoms with E-state index >= 15 is 0 Å². The highest BCUT2D eigenvalue weighted by Gasteiger charge is 2.21. The van der Waals surface area contributed by atoms with Crippen LogP contribution in [0.15, 0.2) is 54.9 Å². The number of carbonyl (C=O) groups is 1. The molecule has 1 aliphatic heterocycles. The van der Waals surface area contributed by atoms with Crippen LogP contribution in [-0.4, -0.2) is 57.4 Å². The Morgan fingerprint density at radius 3 is 2.44 bits per heavy atom. The average molecular weight is 528 g/mol. The molecule has 11 nitrogen and oxygen atoms in total. The zero-order valence-corrected chi connectivity index (χ0v) is 22.1. The summed E-state index contributed by atoms with van der Waals surface area (Å²) in [5, 5.41) is 23.8. The number of anilines is 5. The minimum Gasteiger partial charge on any atom is -0.507 e. The molecule has 1 amide bonds. The highest BCUT2D eigenvalue weighted by atomic mass is 16.3.